The predicted octanol–water partition coefficient (Wildman–Crippen LogP) is 2.08. The number of rotatable bonds is 7. The standard InChI is InChI=1S/C12H14BrNO4S/c1-18-7-6-14(8-12(16)17)11(15)5-3-9-2-4-10(13)19-9/h2-5H,6-8H2,1H3,(H,16,17). The topological polar surface area (TPSA) is 66.8 Å². The minimum atomic E-state index is -1.04. The molecule has 1 aromatic heterocycles. The van der Waals surface area contributed by atoms with Crippen LogP contribution in [0.25, 0.3) is 6.08 Å². The number of carbonyl (C=O) groups is 2. The van der Waals surface area contributed by atoms with E-state index in [1.165, 1.54) is 29.4 Å². The Labute approximate surface area is 123 Å². The van der Waals surface area contributed by atoms with Crippen molar-refractivity contribution in [1.82, 2.24) is 4.90 Å². The van der Waals surface area contributed by atoms with Crippen LogP contribution in [0.2, 0.25) is 0 Å². The lowest BCUT2D eigenvalue weighted by atomic mass is 10.3. The van der Waals surface area contributed by atoms with E-state index in [0.717, 1.165) is 8.66 Å². The summed E-state index contributed by atoms with van der Waals surface area (Å²) in [6, 6.07) is 3.75. The van der Waals surface area contributed by atoms with Gasteiger partial charge in [-0.3, -0.25) is 9.59 Å². The largest absolute Gasteiger partial charge is 0.480 e. The SMILES string of the molecule is COCCN(CC(=O)O)C(=O)C=Cc1ccc(Br)s1. The Balaban J connectivity index is 2.64. The summed E-state index contributed by atoms with van der Waals surface area (Å²) in [4.78, 5) is 24.7. The maximum absolute atomic E-state index is 11.9. The van der Waals surface area contributed by atoms with Gasteiger partial charge >= 0.3 is 5.97 Å². The second-order valence-corrected chi connectivity index (χ2v) is 6.12. The first-order valence-electron chi connectivity index (χ1n) is 5.46. The molecule has 1 N–H and O–H groups in total. The maximum atomic E-state index is 11.9. The van der Waals surface area contributed by atoms with E-state index in [9.17, 15) is 9.59 Å². The molecule has 1 heterocycles. The molecule has 0 saturated heterocycles. The van der Waals surface area contributed by atoms with Crippen molar-refractivity contribution in [2.75, 3.05) is 26.8 Å². The molecule has 1 aromatic rings. The Bertz CT molecular complexity index is 472. The van der Waals surface area contributed by atoms with Gasteiger partial charge in [-0.25, -0.2) is 0 Å². The molecule has 0 fully saturated rings. The third-order valence-corrected chi connectivity index (χ3v) is 3.78. The van der Waals surface area contributed by atoms with Gasteiger partial charge in [0.2, 0.25) is 5.91 Å². The molecule has 5 nitrogen and oxygen atoms in total. The average molecular weight is 348 g/mol. The van der Waals surface area contributed by atoms with Gasteiger partial charge in [-0.05, 0) is 34.1 Å². The van der Waals surface area contributed by atoms with Crippen molar-refractivity contribution in [3.63, 3.8) is 0 Å². The molecule has 0 aliphatic carbocycles. The number of hydrogen-bond donors (Lipinski definition) is 1. The molecule has 0 radical (unpaired) electrons. The van der Waals surface area contributed by atoms with Gasteiger partial charge in [0.1, 0.15) is 6.54 Å². The van der Waals surface area contributed by atoms with E-state index in [4.69, 9.17) is 9.84 Å². The van der Waals surface area contributed by atoms with Crippen molar-refractivity contribution in [2.24, 2.45) is 0 Å². The molecular formula is C12H14BrNO4S. The smallest absolute Gasteiger partial charge is 0.323 e. The molecule has 0 atom stereocenters. The van der Waals surface area contributed by atoms with Gasteiger partial charge in [-0.2, -0.15) is 0 Å². The number of ether oxygens (including phenoxy) is 1. The lowest BCUT2D eigenvalue weighted by molar-refractivity contribution is -0.143. The number of carboxylic acids is 1. The quantitative estimate of drug-likeness (QED) is 0.767. The highest BCUT2D eigenvalue weighted by Crippen LogP contribution is 2.22. The summed E-state index contributed by atoms with van der Waals surface area (Å²) in [5, 5.41) is 8.76. The van der Waals surface area contributed by atoms with Gasteiger partial charge in [-0.1, -0.05) is 0 Å². The monoisotopic (exact) mass is 347 g/mol. The van der Waals surface area contributed by atoms with Crippen LogP contribution >= 0.6 is 27.3 Å². The summed E-state index contributed by atoms with van der Waals surface area (Å²) in [6.45, 7) is 0.220. The Morgan fingerprint density at radius 3 is 2.79 bits per heavy atom. The lowest BCUT2D eigenvalue weighted by Gasteiger charge is -2.18. The second-order valence-electron chi connectivity index (χ2n) is 3.62. The normalized spacial score (nSPS) is 10.8. The van der Waals surface area contributed by atoms with E-state index in [1.807, 2.05) is 12.1 Å². The fraction of sp³-hybridized carbons (Fsp3) is 0.333. The summed E-state index contributed by atoms with van der Waals surface area (Å²) in [5.41, 5.74) is 0. The molecule has 0 unspecified atom stereocenters. The van der Waals surface area contributed by atoms with Gasteiger partial charge in [0.05, 0.1) is 10.4 Å². The molecule has 1 amide bonds. The van der Waals surface area contributed by atoms with E-state index in [-0.39, 0.29) is 19.0 Å². The van der Waals surface area contributed by atoms with Crippen LogP contribution in [-0.4, -0.2) is 48.7 Å². The molecular weight excluding hydrogens is 334 g/mol. The van der Waals surface area contributed by atoms with Gasteiger partial charge in [-0.15, -0.1) is 11.3 Å². The molecule has 0 aliphatic heterocycles. The van der Waals surface area contributed by atoms with Crippen molar-refractivity contribution in [1.29, 1.82) is 0 Å². The van der Waals surface area contributed by atoms with Gasteiger partial charge in [0.25, 0.3) is 0 Å². The first-order chi connectivity index (χ1) is 9.02. The van der Waals surface area contributed by atoms with Crippen LogP contribution in [0.4, 0.5) is 0 Å². The van der Waals surface area contributed by atoms with Crippen molar-refractivity contribution in [3.05, 3.63) is 26.9 Å². The summed E-state index contributed by atoms with van der Waals surface area (Å²) < 4.78 is 5.83. The molecule has 7 heteroatoms. The zero-order chi connectivity index (χ0) is 14.3. The van der Waals surface area contributed by atoms with Gasteiger partial charge in [0.15, 0.2) is 0 Å². The number of carbonyl (C=O) groups excluding carboxylic acids is 1. The molecule has 0 aromatic carbocycles. The molecule has 1 rings (SSSR count). The van der Waals surface area contributed by atoms with Crippen LogP contribution in [0.15, 0.2) is 22.0 Å². The minimum absolute atomic E-state index is 0.250. The first kappa shape index (κ1) is 15.9. The molecule has 19 heavy (non-hydrogen) atoms. The lowest BCUT2D eigenvalue weighted by Crippen LogP contribution is -2.36. The fourth-order valence-electron chi connectivity index (χ4n) is 1.31. The summed E-state index contributed by atoms with van der Waals surface area (Å²) in [6.07, 6.45) is 3.04. The molecule has 0 saturated carbocycles. The van der Waals surface area contributed by atoms with Crippen molar-refractivity contribution in [3.8, 4) is 0 Å². The highest BCUT2D eigenvalue weighted by molar-refractivity contribution is 9.11. The second kappa shape index (κ2) is 8.08. The number of thiophene rings is 1. The van der Waals surface area contributed by atoms with Crippen LogP contribution in [0.5, 0.6) is 0 Å². The van der Waals surface area contributed by atoms with Crippen LogP contribution < -0.4 is 0 Å². The predicted molar refractivity (Wildman–Crippen MR) is 77.1 cm³/mol. The third kappa shape index (κ3) is 6.00. The number of methoxy groups -OCH3 is 1. The average Bonchev–Trinajstić information content (AvgIpc) is 2.77. The van der Waals surface area contributed by atoms with Crippen LogP contribution in [0.1, 0.15) is 4.88 Å². The van der Waals surface area contributed by atoms with Crippen molar-refractivity contribution < 1.29 is 19.4 Å². The molecule has 104 valence electrons. The van der Waals surface area contributed by atoms with E-state index >= 15 is 0 Å². The van der Waals surface area contributed by atoms with E-state index in [2.05, 4.69) is 15.9 Å². The Hall–Kier alpha value is -1.18. The number of carboxylic acid groups (broad SMARTS) is 1. The fourth-order valence-corrected chi connectivity index (χ4v) is 2.63. The number of hydrogen-bond acceptors (Lipinski definition) is 4. The first-order valence-corrected chi connectivity index (χ1v) is 7.07. The van der Waals surface area contributed by atoms with Crippen molar-refractivity contribution in [2.45, 2.75) is 0 Å². The van der Waals surface area contributed by atoms with E-state index in [0.29, 0.717) is 6.61 Å². The number of amides is 1. The van der Waals surface area contributed by atoms with Gasteiger partial charge in [0, 0.05) is 24.6 Å². The zero-order valence-electron chi connectivity index (χ0n) is 10.3. The Morgan fingerprint density at radius 2 is 2.26 bits per heavy atom. The highest BCUT2D eigenvalue weighted by atomic mass is 79.9. The van der Waals surface area contributed by atoms with E-state index in [1.54, 1.807) is 6.08 Å². The van der Waals surface area contributed by atoms with Gasteiger partial charge < -0.3 is 14.7 Å². The highest BCUT2D eigenvalue weighted by Gasteiger charge is 2.13. The Morgan fingerprint density at radius 1 is 1.53 bits per heavy atom. The van der Waals surface area contributed by atoms with Crippen molar-refractivity contribution >= 4 is 45.2 Å². The number of aliphatic carboxylic acids is 1. The number of halogens is 1. The minimum Gasteiger partial charge on any atom is -0.480 e. The van der Waals surface area contributed by atoms with Crippen LogP contribution in [0.3, 0.4) is 0 Å². The third-order valence-electron chi connectivity index (χ3n) is 2.19. The molecule has 0 bridgehead atoms. The number of nitrogens with zero attached hydrogens (tertiary/aromatic N) is 1. The zero-order valence-corrected chi connectivity index (χ0v) is 12.7. The maximum Gasteiger partial charge on any atom is 0.323 e. The summed E-state index contributed by atoms with van der Waals surface area (Å²) >= 11 is 4.82. The van der Waals surface area contributed by atoms with Crippen LogP contribution in [-0.2, 0) is 14.3 Å². The Kier molecular flexibility index (Phi) is 6.75. The summed E-state index contributed by atoms with van der Waals surface area (Å²) in [5.74, 6) is -1.39. The van der Waals surface area contributed by atoms with Crippen LogP contribution in [0, 0.1) is 0 Å². The van der Waals surface area contributed by atoms with E-state index < -0.39 is 5.97 Å². The molecule has 0 spiro atoms. The molecule has 0 aliphatic rings. The summed E-state index contributed by atoms with van der Waals surface area (Å²) in [7, 11) is 1.50.